The van der Waals surface area contributed by atoms with Crippen LogP contribution in [0.15, 0.2) is 113 Å². The molecule has 0 unspecified atom stereocenters. The van der Waals surface area contributed by atoms with Gasteiger partial charge in [-0.25, -0.2) is 13.1 Å². The Balaban J connectivity index is 1.19. The predicted octanol–water partition coefficient (Wildman–Crippen LogP) is 5.12. The molecule has 4 aromatic carbocycles. The molecule has 0 aliphatic carbocycles. The first-order chi connectivity index (χ1) is 24.6. The average Bonchev–Trinajstić information content (AvgIpc) is 3.56. The molecule has 1 aliphatic heterocycles. The number of thioether (sulfide) groups is 1. The predicted molar refractivity (Wildman–Crippen MR) is 193 cm³/mol. The third-order valence-electron chi connectivity index (χ3n) is 8.76. The van der Waals surface area contributed by atoms with Crippen molar-refractivity contribution in [1.82, 2.24) is 24.9 Å². The minimum atomic E-state index is -3.99. The van der Waals surface area contributed by atoms with Crippen molar-refractivity contribution in [3.8, 4) is 0 Å². The van der Waals surface area contributed by atoms with Crippen molar-refractivity contribution in [3.05, 3.63) is 131 Å². The molecule has 12 nitrogen and oxygen atoms in total. The van der Waals surface area contributed by atoms with Gasteiger partial charge in [-0.05, 0) is 64.7 Å². The fourth-order valence-corrected chi connectivity index (χ4v) is 7.98. The highest BCUT2D eigenvalue weighted by molar-refractivity contribution is 7.99. The fourth-order valence-electron chi connectivity index (χ4n) is 5.77. The lowest BCUT2D eigenvalue weighted by molar-refractivity contribution is -0.268. The van der Waals surface area contributed by atoms with Crippen molar-refractivity contribution in [1.29, 1.82) is 0 Å². The minimum Gasteiger partial charge on any atom is -0.392 e. The molecule has 14 heteroatoms. The van der Waals surface area contributed by atoms with Crippen LogP contribution >= 0.6 is 11.8 Å². The summed E-state index contributed by atoms with van der Waals surface area (Å²) in [5, 5.41) is 24.9. The monoisotopic (exact) mass is 728 g/mol. The van der Waals surface area contributed by atoms with Gasteiger partial charge < -0.3 is 19.9 Å². The summed E-state index contributed by atoms with van der Waals surface area (Å²) in [6, 6.07) is 29.5. The second-order valence-electron chi connectivity index (χ2n) is 12.5. The van der Waals surface area contributed by atoms with Gasteiger partial charge in [0.25, 0.3) is 0 Å². The smallest absolute Gasteiger partial charge is 0.242 e. The Morgan fingerprint density at radius 2 is 1.61 bits per heavy atom. The van der Waals surface area contributed by atoms with Gasteiger partial charge in [0.1, 0.15) is 6.04 Å². The molecule has 5 atom stereocenters. The first-order valence-corrected chi connectivity index (χ1v) is 19.0. The standard InChI is InChI=1S/C37H40N6O6S2/c1-24-9-19-31(20-10-24)51(46,47)40-32(21-26-7-5-4-6-8-26)35(45)38-30-17-15-29(16-18-30)36-48-33(23-50-37-39-41-42-43(37)3)25(2)34(49-36)28-13-11-27(22-44)12-14-28/h4-20,25,32-34,36,40,44H,21-23H2,1-3H3,(H,38,45)/t25-,32-,33+,34+,36+/m1/s1. The van der Waals surface area contributed by atoms with Crippen molar-refractivity contribution in [2.45, 2.75) is 61.5 Å². The number of ether oxygens (including phenoxy) is 2. The normalized spacial score (nSPS) is 19.8. The summed E-state index contributed by atoms with van der Waals surface area (Å²) < 4.78 is 44.0. The Morgan fingerprint density at radius 1 is 0.922 bits per heavy atom. The molecular weight excluding hydrogens is 689 g/mol. The molecule has 1 amide bonds. The Bertz CT molecular complexity index is 2010. The van der Waals surface area contributed by atoms with E-state index in [1.54, 1.807) is 36.0 Å². The third kappa shape index (κ3) is 9.08. The van der Waals surface area contributed by atoms with E-state index >= 15 is 0 Å². The first-order valence-electron chi connectivity index (χ1n) is 16.5. The van der Waals surface area contributed by atoms with Gasteiger partial charge in [0, 0.05) is 30.0 Å². The van der Waals surface area contributed by atoms with Gasteiger partial charge in [0.2, 0.25) is 21.1 Å². The lowest BCUT2D eigenvalue weighted by Gasteiger charge is -2.41. The SMILES string of the molecule is Cc1ccc(S(=O)(=O)N[C@H](Cc2ccccc2)C(=O)Nc2ccc([C@H]3O[C@@H](CSc4nnnn4C)[C@@H](C)[C@@H](c4ccc(CO)cc4)O3)cc2)cc1. The van der Waals surface area contributed by atoms with E-state index in [0.717, 1.165) is 27.8 Å². The second-order valence-corrected chi connectivity index (χ2v) is 15.2. The van der Waals surface area contributed by atoms with E-state index in [-0.39, 0.29) is 36.0 Å². The number of anilines is 1. The number of hydrogen-bond donors (Lipinski definition) is 3. The minimum absolute atomic E-state index is 0.0290. The van der Waals surface area contributed by atoms with Gasteiger partial charge in [-0.3, -0.25) is 4.79 Å². The van der Waals surface area contributed by atoms with Gasteiger partial charge in [-0.2, -0.15) is 4.72 Å². The van der Waals surface area contributed by atoms with Crippen LogP contribution in [0.5, 0.6) is 0 Å². The zero-order valence-corrected chi connectivity index (χ0v) is 30.0. The summed E-state index contributed by atoms with van der Waals surface area (Å²) in [4.78, 5) is 13.7. The van der Waals surface area contributed by atoms with E-state index in [0.29, 0.717) is 16.6 Å². The molecule has 2 heterocycles. The van der Waals surface area contributed by atoms with E-state index in [2.05, 4.69) is 32.5 Å². The van der Waals surface area contributed by atoms with Crippen LogP contribution in [0.3, 0.4) is 0 Å². The molecule has 0 bridgehead atoms. The van der Waals surface area contributed by atoms with Crippen molar-refractivity contribution in [2.75, 3.05) is 11.1 Å². The summed E-state index contributed by atoms with van der Waals surface area (Å²) in [6.07, 6.45) is -1.10. The highest BCUT2D eigenvalue weighted by atomic mass is 32.2. The zero-order chi connectivity index (χ0) is 36.0. The van der Waals surface area contributed by atoms with Crippen LogP contribution in [-0.4, -0.2) is 57.5 Å². The highest BCUT2D eigenvalue weighted by Gasteiger charge is 2.38. The number of benzene rings is 4. The van der Waals surface area contributed by atoms with Gasteiger partial charge >= 0.3 is 0 Å². The number of aryl methyl sites for hydroxylation is 2. The highest BCUT2D eigenvalue weighted by Crippen LogP contribution is 2.43. The van der Waals surface area contributed by atoms with E-state index in [1.807, 2.05) is 73.7 Å². The van der Waals surface area contributed by atoms with Crippen LogP contribution in [0.2, 0.25) is 0 Å². The number of sulfonamides is 1. The van der Waals surface area contributed by atoms with Crippen molar-refractivity contribution in [2.24, 2.45) is 13.0 Å². The van der Waals surface area contributed by atoms with E-state index in [4.69, 9.17) is 9.47 Å². The average molecular weight is 729 g/mol. The molecule has 0 spiro atoms. The zero-order valence-electron chi connectivity index (χ0n) is 28.4. The molecule has 1 fully saturated rings. The maximum Gasteiger partial charge on any atom is 0.242 e. The number of amides is 1. The quantitative estimate of drug-likeness (QED) is 0.139. The summed E-state index contributed by atoms with van der Waals surface area (Å²) >= 11 is 1.50. The molecule has 6 rings (SSSR count). The number of hydrogen-bond acceptors (Lipinski definition) is 10. The van der Waals surface area contributed by atoms with Gasteiger partial charge in [-0.15, -0.1) is 5.10 Å². The largest absolute Gasteiger partial charge is 0.392 e. The second kappa shape index (κ2) is 16.3. The van der Waals surface area contributed by atoms with Crippen molar-refractivity contribution in [3.63, 3.8) is 0 Å². The third-order valence-corrected chi connectivity index (χ3v) is 11.3. The Hall–Kier alpha value is -4.44. The van der Waals surface area contributed by atoms with Gasteiger partial charge in [0.15, 0.2) is 6.29 Å². The lowest BCUT2D eigenvalue weighted by Crippen LogP contribution is -2.45. The molecule has 5 aromatic rings. The van der Waals surface area contributed by atoms with Gasteiger partial charge in [0.05, 0.1) is 23.7 Å². The first kappa shape index (κ1) is 36.4. The number of carbonyl (C=O) groups excluding carboxylic acids is 1. The van der Waals surface area contributed by atoms with Crippen molar-refractivity contribution >= 4 is 33.4 Å². The van der Waals surface area contributed by atoms with Crippen molar-refractivity contribution < 1.29 is 27.8 Å². The number of nitrogens with zero attached hydrogens (tertiary/aromatic N) is 4. The Labute approximate surface area is 301 Å². The molecule has 266 valence electrons. The van der Waals surface area contributed by atoms with Crippen LogP contribution in [0.25, 0.3) is 0 Å². The van der Waals surface area contributed by atoms with E-state index in [1.165, 1.54) is 23.9 Å². The summed E-state index contributed by atoms with van der Waals surface area (Å²) in [5.41, 5.74) is 4.74. The lowest BCUT2D eigenvalue weighted by atomic mass is 9.91. The maximum atomic E-state index is 13.7. The fraction of sp³-hybridized carbons (Fsp3) is 0.297. The van der Waals surface area contributed by atoms with E-state index < -0.39 is 28.3 Å². The van der Waals surface area contributed by atoms with Gasteiger partial charge in [-0.1, -0.05) is 103 Å². The molecule has 1 aromatic heterocycles. The number of aromatic nitrogens is 4. The summed E-state index contributed by atoms with van der Waals surface area (Å²) in [7, 11) is -2.20. The summed E-state index contributed by atoms with van der Waals surface area (Å²) in [5.74, 6) is 0.0531. The van der Waals surface area contributed by atoms with Crippen LogP contribution < -0.4 is 10.0 Å². The number of aliphatic hydroxyl groups is 1. The van der Waals surface area contributed by atoms with Crippen LogP contribution in [0.1, 0.15) is 47.1 Å². The number of rotatable bonds is 13. The number of nitrogens with one attached hydrogen (secondary N) is 2. The molecular formula is C37H40N6O6S2. The Morgan fingerprint density at radius 3 is 2.25 bits per heavy atom. The van der Waals surface area contributed by atoms with Crippen LogP contribution in [-0.2, 0) is 44.4 Å². The molecule has 51 heavy (non-hydrogen) atoms. The van der Waals surface area contributed by atoms with E-state index in [9.17, 15) is 18.3 Å². The number of carbonyl (C=O) groups is 1. The van der Waals surface area contributed by atoms with Crippen LogP contribution in [0, 0.1) is 12.8 Å². The topological polar surface area (TPSA) is 158 Å². The molecule has 3 N–H and O–H groups in total. The van der Waals surface area contributed by atoms with Crippen LogP contribution in [0.4, 0.5) is 5.69 Å². The number of aliphatic hydroxyl groups excluding tert-OH is 1. The molecule has 1 saturated heterocycles. The maximum absolute atomic E-state index is 13.7. The molecule has 0 radical (unpaired) electrons. The summed E-state index contributed by atoms with van der Waals surface area (Å²) in [6.45, 7) is 3.91. The number of tetrazole rings is 1. The molecule has 1 aliphatic rings. The molecule has 0 saturated carbocycles. The Kier molecular flexibility index (Phi) is 11.6.